The largest absolute Gasteiger partial charge is 0.353 e. The Morgan fingerprint density at radius 3 is 2.36 bits per heavy atom. The zero-order valence-corrected chi connectivity index (χ0v) is 20.8. The minimum atomic E-state index is -0.524. The van der Waals surface area contributed by atoms with Crippen molar-refractivity contribution in [2.24, 2.45) is 0 Å². The molecule has 2 N–H and O–H groups in total. The van der Waals surface area contributed by atoms with E-state index in [0.717, 1.165) is 31.2 Å². The third kappa shape index (κ3) is 6.30. The van der Waals surface area contributed by atoms with Crippen molar-refractivity contribution in [1.82, 2.24) is 14.5 Å². The van der Waals surface area contributed by atoms with E-state index in [0.29, 0.717) is 35.9 Å². The summed E-state index contributed by atoms with van der Waals surface area (Å²) in [5.41, 5.74) is 1.24. The molecule has 1 aliphatic carbocycles. The minimum Gasteiger partial charge on any atom is -0.353 e. The summed E-state index contributed by atoms with van der Waals surface area (Å²) in [4.78, 5) is 51.4. The molecule has 2 amide bonds. The number of fused-ring (bicyclic) bond motifs is 1. The van der Waals surface area contributed by atoms with Gasteiger partial charge in [-0.1, -0.05) is 49.1 Å². The van der Waals surface area contributed by atoms with Crippen molar-refractivity contribution in [2.45, 2.75) is 77.4 Å². The lowest BCUT2D eigenvalue weighted by molar-refractivity contribution is -0.122. The molecule has 1 saturated carbocycles. The molecule has 0 atom stereocenters. The number of hydrogen-bond acceptors (Lipinski definition) is 4. The molecule has 1 heterocycles. The first-order chi connectivity index (χ1) is 17.4. The van der Waals surface area contributed by atoms with Crippen molar-refractivity contribution in [1.29, 1.82) is 0 Å². The van der Waals surface area contributed by atoms with Crippen LogP contribution in [0.3, 0.4) is 0 Å². The summed E-state index contributed by atoms with van der Waals surface area (Å²) in [5, 5.41) is 6.30. The van der Waals surface area contributed by atoms with Crippen molar-refractivity contribution in [3.8, 4) is 0 Å². The third-order valence-corrected chi connectivity index (χ3v) is 6.78. The standard InChI is InChI=1S/C28H34N4O4/c1-20-14-16-22(17-15-20)30-26(34)19-32-24-12-6-5-11-23(24)27(35)31(28(32)36)18-8-7-13-25(33)29-21-9-3-2-4-10-21/h5-6,11-12,14-17,21H,2-4,7-10,13,18-19H2,1H3,(H,29,33)(H,30,34). The molecule has 1 aliphatic rings. The van der Waals surface area contributed by atoms with Crippen LogP contribution in [-0.2, 0) is 22.7 Å². The highest BCUT2D eigenvalue weighted by Crippen LogP contribution is 2.17. The Morgan fingerprint density at radius 2 is 1.61 bits per heavy atom. The summed E-state index contributed by atoms with van der Waals surface area (Å²) in [7, 11) is 0. The number of anilines is 1. The van der Waals surface area contributed by atoms with Gasteiger partial charge in [0.15, 0.2) is 0 Å². The first-order valence-corrected chi connectivity index (χ1v) is 12.8. The van der Waals surface area contributed by atoms with Crippen LogP contribution in [0.2, 0.25) is 0 Å². The molecule has 0 unspecified atom stereocenters. The Balaban J connectivity index is 1.45. The second-order valence-corrected chi connectivity index (χ2v) is 9.62. The molecule has 0 saturated heterocycles. The van der Waals surface area contributed by atoms with E-state index < -0.39 is 5.69 Å². The Bertz CT molecular complexity index is 1330. The SMILES string of the molecule is Cc1ccc(NC(=O)Cn2c(=O)n(CCCCC(=O)NC3CCCCC3)c(=O)c3ccccc32)cc1. The highest BCUT2D eigenvalue weighted by atomic mass is 16.2. The highest BCUT2D eigenvalue weighted by Gasteiger charge is 2.17. The topological polar surface area (TPSA) is 102 Å². The van der Waals surface area contributed by atoms with Gasteiger partial charge in [-0.25, -0.2) is 4.79 Å². The quantitative estimate of drug-likeness (QED) is 0.446. The van der Waals surface area contributed by atoms with Crippen LogP contribution in [0.15, 0.2) is 58.1 Å². The number of benzene rings is 2. The maximum Gasteiger partial charge on any atom is 0.331 e. The number of nitrogens with zero attached hydrogens (tertiary/aromatic N) is 2. The average Bonchev–Trinajstić information content (AvgIpc) is 2.88. The lowest BCUT2D eigenvalue weighted by Crippen LogP contribution is -2.41. The summed E-state index contributed by atoms with van der Waals surface area (Å²) in [6, 6.07) is 14.5. The number of aromatic nitrogens is 2. The van der Waals surface area contributed by atoms with E-state index >= 15 is 0 Å². The van der Waals surface area contributed by atoms with E-state index in [9.17, 15) is 19.2 Å². The van der Waals surface area contributed by atoms with Crippen molar-refractivity contribution in [2.75, 3.05) is 5.32 Å². The number of carbonyl (C=O) groups excluding carboxylic acids is 2. The molecule has 8 nitrogen and oxygen atoms in total. The van der Waals surface area contributed by atoms with E-state index in [1.54, 1.807) is 36.4 Å². The van der Waals surface area contributed by atoms with Gasteiger partial charge in [-0.2, -0.15) is 0 Å². The van der Waals surface area contributed by atoms with Gasteiger partial charge in [-0.3, -0.25) is 23.5 Å². The van der Waals surface area contributed by atoms with E-state index in [4.69, 9.17) is 0 Å². The summed E-state index contributed by atoms with van der Waals surface area (Å²) < 4.78 is 2.52. The van der Waals surface area contributed by atoms with E-state index in [1.165, 1.54) is 15.6 Å². The van der Waals surface area contributed by atoms with Crippen LogP contribution in [0, 0.1) is 6.92 Å². The van der Waals surface area contributed by atoms with Gasteiger partial charge < -0.3 is 10.6 Å². The molecule has 0 spiro atoms. The smallest absolute Gasteiger partial charge is 0.331 e. The number of aryl methyl sites for hydroxylation is 1. The zero-order chi connectivity index (χ0) is 25.5. The van der Waals surface area contributed by atoms with Gasteiger partial charge in [0.1, 0.15) is 6.54 Å². The number of unbranched alkanes of at least 4 members (excludes halogenated alkanes) is 1. The molecule has 2 aromatic carbocycles. The molecule has 190 valence electrons. The average molecular weight is 491 g/mol. The number of amides is 2. The molecule has 3 aromatic rings. The second-order valence-electron chi connectivity index (χ2n) is 9.62. The van der Waals surface area contributed by atoms with Crippen LogP contribution >= 0.6 is 0 Å². The number of para-hydroxylation sites is 1. The first kappa shape index (κ1) is 25.4. The summed E-state index contributed by atoms with van der Waals surface area (Å²) in [5.74, 6) is -0.325. The molecular weight excluding hydrogens is 456 g/mol. The second kappa shape index (κ2) is 11.8. The summed E-state index contributed by atoms with van der Waals surface area (Å²) >= 11 is 0. The van der Waals surface area contributed by atoms with Gasteiger partial charge >= 0.3 is 5.69 Å². The maximum absolute atomic E-state index is 13.3. The van der Waals surface area contributed by atoms with Gasteiger partial charge in [0, 0.05) is 24.7 Å². The predicted octanol–water partition coefficient (Wildman–Crippen LogP) is 3.73. The Labute approximate surface area is 210 Å². The van der Waals surface area contributed by atoms with Crippen LogP contribution in [-0.4, -0.2) is 27.0 Å². The third-order valence-electron chi connectivity index (χ3n) is 6.78. The molecular formula is C28H34N4O4. The van der Waals surface area contributed by atoms with E-state index in [2.05, 4.69) is 10.6 Å². The molecule has 0 bridgehead atoms. The molecule has 4 rings (SSSR count). The molecule has 36 heavy (non-hydrogen) atoms. The molecule has 8 heteroatoms. The van der Waals surface area contributed by atoms with Gasteiger partial charge in [0.05, 0.1) is 10.9 Å². The van der Waals surface area contributed by atoms with Crippen LogP contribution < -0.4 is 21.9 Å². The molecule has 1 aromatic heterocycles. The monoisotopic (exact) mass is 490 g/mol. The number of carbonyl (C=O) groups is 2. The first-order valence-electron chi connectivity index (χ1n) is 12.8. The Kier molecular flexibility index (Phi) is 8.36. The van der Waals surface area contributed by atoms with E-state index in [-0.39, 0.29) is 36.5 Å². The Morgan fingerprint density at radius 1 is 0.889 bits per heavy atom. The van der Waals surface area contributed by atoms with Crippen LogP contribution in [0.5, 0.6) is 0 Å². The Hall–Kier alpha value is -3.68. The molecule has 0 radical (unpaired) electrons. The van der Waals surface area contributed by atoms with Crippen molar-refractivity contribution < 1.29 is 9.59 Å². The van der Waals surface area contributed by atoms with Gasteiger partial charge in [-0.05, 0) is 56.9 Å². The molecule has 1 fully saturated rings. The van der Waals surface area contributed by atoms with Crippen molar-refractivity contribution in [3.05, 3.63) is 74.9 Å². The maximum atomic E-state index is 13.3. The fraction of sp³-hybridized carbons (Fsp3) is 0.429. The summed E-state index contributed by atoms with van der Waals surface area (Å²) in [6.07, 6.45) is 7.08. The lowest BCUT2D eigenvalue weighted by Gasteiger charge is -2.22. The summed E-state index contributed by atoms with van der Waals surface area (Å²) in [6.45, 7) is 1.94. The number of nitrogens with one attached hydrogen (secondary N) is 2. The number of hydrogen-bond donors (Lipinski definition) is 2. The fourth-order valence-corrected chi connectivity index (χ4v) is 4.80. The van der Waals surface area contributed by atoms with E-state index in [1.807, 2.05) is 19.1 Å². The van der Waals surface area contributed by atoms with Crippen LogP contribution in [0.1, 0.15) is 56.9 Å². The van der Waals surface area contributed by atoms with Gasteiger partial charge in [0.25, 0.3) is 5.56 Å². The minimum absolute atomic E-state index is 0.0259. The van der Waals surface area contributed by atoms with Gasteiger partial charge in [-0.15, -0.1) is 0 Å². The normalized spacial score (nSPS) is 14.0. The van der Waals surface area contributed by atoms with Crippen molar-refractivity contribution >= 4 is 28.4 Å². The van der Waals surface area contributed by atoms with Crippen molar-refractivity contribution in [3.63, 3.8) is 0 Å². The fourth-order valence-electron chi connectivity index (χ4n) is 4.80. The number of rotatable bonds is 9. The van der Waals surface area contributed by atoms with Gasteiger partial charge in [0.2, 0.25) is 11.8 Å². The predicted molar refractivity (Wildman–Crippen MR) is 141 cm³/mol. The van der Waals surface area contributed by atoms with Crippen LogP contribution in [0.4, 0.5) is 5.69 Å². The molecule has 0 aliphatic heterocycles. The van der Waals surface area contributed by atoms with Crippen LogP contribution in [0.25, 0.3) is 10.9 Å². The zero-order valence-electron chi connectivity index (χ0n) is 20.8. The highest BCUT2D eigenvalue weighted by molar-refractivity contribution is 5.91. The lowest BCUT2D eigenvalue weighted by atomic mass is 9.95.